The van der Waals surface area contributed by atoms with Crippen molar-refractivity contribution < 1.29 is 19.2 Å². The first-order chi connectivity index (χ1) is 3.73. The summed E-state index contributed by atoms with van der Waals surface area (Å²) in [6.45, 7) is 0. The quantitative estimate of drug-likeness (QED) is 0.296. The summed E-state index contributed by atoms with van der Waals surface area (Å²) in [4.78, 5) is 31.3. The molecule has 0 aliphatic carbocycles. The third-order valence-corrected chi connectivity index (χ3v) is 0. The zero-order chi connectivity index (χ0) is 8.08. The number of hydrogen-bond donors (Lipinski definition) is 4. The summed E-state index contributed by atoms with van der Waals surface area (Å²) in [6, 6.07) is 0. The Morgan fingerprint density at radius 1 is 0.900 bits per heavy atom. The Morgan fingerprint density at radius 2 is 0.900 bits per heavy atom. The van der Waals surface area contributed by atoms with Crippen molar-refractivity contribution in [2.75, 3.05) is 21.1 Å². The monoisotopic (exact) mass is 179 g/mol. The first kappa shape index (κ1) is 17.2. The molecule has 0 unspecified atom stereocenters. The van der Waals surface area contributed by atoms with Gasteiger partial charge in [-0.15, -0.1) is 0 Å². The van der Waals surface area contributed by atoms with Crippen LogP contribution in [0.1, 0.15) is 0 Å². The Morgan fingerprint density at radius 3 is 0.900 bits per heavy atom. The van der Waals surface area contributed by atoms with Crippen LogP contribution in [-0.4, -0.2) is 83.8 Å². The van der Waals surface area contributed by atoms with Crippen LogP contribution in [0.4, 0.5) is 0 Å². The molecule has 0 rings (SSSR count). The zero-order valence-electron chi connectivity index (χ0n) is 5.74. The molecule has 0 radical (unpaired) electrons. The summed E-state index contributed by atoms with van der Waals surface area (Å²) in [5.74, 6) is 0. The van der Waals surface area contributed by atoms with Crippen LogP contribution in [0.15, 0.2) is 0 Å². The van der Waals surface area contributed by atoms with Crippen LogP contribution in [-0.2, 0) is 0 Å². The van der Waals surface area contributed by atoms with E-state index in [1.165, 1.54) is 0 Å². The fraction of sp³-hybridized carbons (Fsp3) is 1.00. The second kappa shape index (κ2) is 8.12. The van der Waals surface area contributed by atoms with E-state index in [4.69, 9.17) is 19.2 Å². The Hall–Kier alpha value is 1.02. The van der Waals surface area contributed by atoms with Gasteiger partial charge in [-0.05, 0) is 21.1 Å². The zero-order valence-corrected chi connectivity index (χ0v) is 6.74. The van der Waals surface area contributed by atoms with Crippen LogP contribution in [0.5, 0.6) is 0 Å². The molecule has 10 heavy (non-hydrogen) atoms. The summed E-state index contributed by atoms with van der Waals surface area (Å²) in [6.07, 6.45) is 0. The molecule has 0 fully saturated rings. The second-order valence-electron chi connectivity index (χ2n) is 1.94. The van der Waals surface area contributed by atoms with Crippen LogP contribution < -0.4 is 0 Å². The average molecular weight is 179 g/mol. The Labute approximate surface area is 83.7 Å². The molecular weight excluding hydrogens is 165 g/mol. The van der Waals surface area contributed by atoms with Crippen molar-refractivity contribution in [3.8, 4) is 0 Å². The van der Waals surface area contributed by atoms with Crippen molar-refractivity contribution in [2.45, 2.75) is 0 Å². The first-order valence-electron chi connectivity index (χ1n) is 2.24. The number of nitrogens with zero attached hydrogens (tertiary/aromatic N) is 1. The van der Waals surface area contributed by atoms with Crippen molar-refractivity contribution in [3.63, 3.8) is 0 Å². The van der Waals surface area contributed by atoms with E-state index in [-0.39, 0.29) is 29.6 Å². The molecule has 0 saturated carbocycles. The van der Waals surface area contributed by atoms with E-state index >= 15 is 0 Å². The second-order valence-corrected chi connectivity index (χ2v) is 3.14. The maximum atomic E-state index is 7.33. The van der Waals surface area contributed by atoms with Gasteiger partial charge in [0.05, 0.1) is 0 Å². The van der Waals surface area contributed by atoms with E-state index in [9.17, 15) is 0 Å². The third kappa shape index (κ3) is 560. The minimum atomic E-state index is -4.61. The Bertz CT molecular complexity index is 57.3. The maximum absolute atomic E-state index is 7.33. The van der Waals surface area contributed by atoms with Gasteiger partial charge in [-0.2, -0.15) is 0 Å². The number of rotatable bonds is 0. The van der Waals surface area contributed by atoms with Gasteiger partial charge < -0.3 is 24.1 Å². The molecule has 5 nitrogen and oxygen atoms in total. The van der Waals surface area contributed by atoms with Crippen molar-refractivity contribution in [2.24, 2.45) is 0 Å². The Kier molecular flexibility index (Phi) is 14.0. The summed E-state index contributed by atoms with van der Waals surface area (Å²) >= 11 is 0. The molecule has 0 amide bonds. The molecule has 0 aromatic heterocycles. The van der Waals surface area contributed by atoms with Crippen molar-refractivity contribution in [1.29, 1.82) is 0 Å². The molecule has 0 heterocycles. The van der Waals surface area contributed by atoms with Gasteiger partial charge in [-0.25, -0.2) is 0 Å². The molecule has 0 spiro atoms. The molecular formula is C3H14NNaO4Si. The SMILES string of the molecule is CN(C)C.O[Si](O)(O)O.[NaH]. The molecule has 0 atom stereocenters. The van der Waals surface area contributed by atoms with Crippen molar-refractivity contribution in [1.82, 2.24) is 4.90 Å². The number of hydrogen-bond acceptors (Lipinski definition) is 5. The third-order valence-electron chi connectivity index (χ3n) is 0. The standard InChI is InChI=1S/C3H9N.Na.H4O4Si.H/c1-4(2)3;;1-5(2,3)4;/h1-3H3;;1-4H;. The fourth-order valence-corrected chi connectivity index (χ4v) is 0. The molecule has 60 valence electrons. The van der Waals surface area contributed by atoms with E-state index in [0.29, 0.717) is 0 Å². The van der Waals surface area contributed by atoms with Crippen LogP contribution >= 0.6 is 0 Å². The van der Waals surface area contributed by atoms with E-state index in [1.807, 2.05) is 26.0 Å². The molecule has 0 aromatic rings. The van der Waals surface area contributed by atoms with Crippen LogP contribution in [0.2, 0.25) is 0 Å². The molecule has 0 aliphatic rings. The normalized spacial score (nSPS) is 9.60. The molecule has 0 aromatic carbocycles. The topological polar surface area (TPSA) is 84.2 Å². The average Bonchev–Trinajstić information content (AvgIpc) is 1.19. The van der Waals surface area contributed by atoms with Gasteiger partial charge in [0.1, 0.15) is 0 Å². The molecule has 0 bridgehead atoms. The molecule has 0 saturated heterocycles. The molecule has 7 heteroatoms. The van der Waals surface area contributed by atoms with Gasteiger partial charge in [0.15, 0.2) is 0 Å². The van der Waals surface area contributed by atoms with Gasteiger partial charge in [0.25, 0.3) is 0 Å². The van der Waals surface area contributed by atoms with Gasteiger partial charge in [0, 0.05) is 0 Å². The van der Waals surface area contributed by atoms with Crippen LogP contribution in [0.3, 0.4) is 0 Å². The van der Waals surface area contributed by atoms with Gasteiger partial charge in [0.2, 0.25) is 0 Å². The van der Waals surface area contributed by atoms with Gasteiger partial charge >= 0.3 is 38.6 Å². The van der Waals surface area contributed by atoms with Crippen molar-refractivity contribution >= 4 is 38.6 Å². The van der Waals surface area contributed by atoms with E-state index < -0.39 is 9.05 Å². The van der Waals surface area contributed by atoms with E-state index in [1.54, 1.807) is 0 Å². The minimum absolute atomic E-state index is 0. The van der Waals surface area contributed by atoms with Crippen LogP contribution in [0, 0.1) is 0 Å². The van der Waals surface area contributed by atoms with Crippen molar-refractivity contribution in [3.05, 3.63) is 0 Å². The van der Waals surface area contributed by atoms with E-state index in [0.717, 1.165) is 0 Å². The molecule has 4 N–H and O–H groups in total. The summed E-state index contributed by atoms with van der Waals surface area (Å²) in [5, 5.41) is 0. The predicted molar refractivity (Wildman–Crippen MR) is 41.4 cm³/mol. The summed E-state index contributed by atoms with van der Waals surface area (Å²) in [7, 11) is 1.39. The van der Waals surface area contributed by atoms with Gasteiger partial charge in [-0.1, -0.05) is 0 Å². The van der Waals surface area contributed by atoms with E-state index in [2.05, 4.69) is 0 Å². The Balaban J connectivity index is -0.0000000910. The first-order valence-corrected chi connectivity index (χ1v) is 4.02. The van der Waals surface area contributed by atoms with Crippen LogP contribution in [0.25, 0.3) is 0 Å². The molecule has 0 aliphatic heterocycles. The predicted octanol–water partition coefficient (Wildman–Crippen LogP) is -3.08. The fourth-order valence-electron chi connectivity index (χ4n) is 0. The van der Waals surface area contributed by atoms with Gasteiger partial charge in [-0.3, -0.25) is 0 Å². The summed E-state index contributed by atoms with van der Waals surface area (Å²) in [5.41, 5.74) is 0. The summed E-state index contributed by atoms with van der Waals surface area (Å²) < 4.78 is 0.